The molecule has 2 saturated heterocycles. The van der Waals surface area contributed by atoms with Crippen molar-refractivity contribution in [2.24, 2.45) is 47.3 Å². The van der Waals surface area contributed by atoms with Gasteiger partial charge in [-0.3, -0.25) is 0 Å². The van der Waals surface area contributed by atoms with Gasteiger partial charge in [-0.15, -0.1) is 0 Å². The molecule has 0 aromatic carbocycles. The Bertz CT molecular complexity index is 494. The molecule has 2 nitrogen and oxygen atoms in total. The predicted octanol–water partition coefficient (Wildman–Crippen LogP) is 3.64. The average Bonchev–Trinajstić information content (AvgIpc) is 3.12. The molecular weight excluding hydrogens is 272 g/mol. The fourth-order valence-corrected chi connectivity index (χ4v) is 8.59. The van der Waals surface area contributed by atoms with E-state index >= 15 is 0 Å². The van der Waals surface area contributed by atoms with Crippen LogP contribution in [0.4, 0.5) is 0 Å². The van der Waals surface area contributed by atoms with E-state index in [1.807, 2.05) is 0 Å². The van der Waals surface area contributed by atoms with Gasteiger partial charge in [0.15, 0.2) is 0 Å². The molecule has 0 N–H and O–H groups in total. The van der Waals surface area contributed by atoms with Gasteiger partial charge in [-0.25, -0.2) is 0 Å². The van der Waals surface area contributed by atoms with Crippen molar-refractivity contribution < 1.29 is 9.47 Å². The van der Waals surface area contributed by atoms with Crippen LogP contribution in [0.2, 0.25) is 0 Å². The standard InChI is InChI=1S/2C10H14O/c1-2-6-3-5(1)7-4-8-10(11-8)9(6)7;1-2-5-6(3-1)8-4-7(5)9-10(8)11-9/h2*5-10H,1-4H2. The Morgan fingerprint density at radius 1 is 0.545 bits per heavy atom. The third kappa shape index (κ3) is 1.42. The minimum absolute atomic E-state index is 0.730. The minimum atomic E-state index is 0.730. The van der Waals surface area contributed by atoms with Gasteiger partial charge in [0.05, 0.1) is 24.4 Å². The van der Waals surface area contributed by atoms with E-state index in [0.717, 1.165) is 71.8 Å². The maximum absolute atomic E-state index is 5.68. The van der Waals surface area contributed by atoms with E-state index in [9.17, 15) is 0 Å². The number of epoxide rings is 2. The predicted molar refractivity (Wildman–Crippen MR) is 82.2 cm³/mol. The van der Waals surface area contributed by atoms with E-state index in [0.29, 0.717) is 0 Å². The first kappa shape index (κ1) is 12.3. The highest BCUT2D eigenvalue weighted by Gasteiger charge is 2.67. The molecule has 22 heavy (non-hydrogen) atoms. The molecule has 8 rings (SSSR count). The zero-order valence-electron chi connectivity index (χ0n) is 13.4. The van der Waals surface area contributed by atoms with E-state index in [4.69, 9.17) is 9.47 Å². The molecule has 0 aromatic rings. The molecule has 6 saturated carbocycles. The van der Waals surface area contributed by atoms with Crippen molar-refractivity contribution in [3.8, 4) is 0 Å². The molecule has 120 valence electrons. The number of rotatable bonds is 0. The van der Waals surface area contributed by atoms with Gasteiger partial charge in [0.2, 0.25) is 0 Å². The van der Waals surface area contributed by atoms with Crippen LogP contribution in [0.3, 0.4) is 0 Å². The van der Waals surface area contributed by atoms with E-state index < -0.39 is 0 Å². The van der Waals surface area contributed by atoms with Crippen LogP contribution in [0.15, 0.2) is 0 Å². The summed E-state index contributed by atoms with van der Waals surface area (Å²) in [6.07, 6.45) is 15.1. The Balaban J connectivity index is 0.0000000891. The van der Waals surface area contributed by atoms with Crippen molar-refractivity contribution >= 4 is 0 Å². The first-order chi connectivity index (χ1) is 10.9. The van der Waals surface area contributed by atoms with E-state index in [2.05, 4.69) is 0 Å². The number of fused-ring (bicyclic) bond motifs is 15. The first-order valence-corrected chi connectivity index (χ1v) is 10.2. The topological polar surface area (TPSA) is 25.1 Å². The largest absolute Gasteiger partial charge is 0.369 e. The van der Waals surface area contributed by atoms with Gasteiger partial charge in [-0.1, -0.05) is 6.42 Å². The summed E-state index contributed by atoms with van der Waals surface area (Å²) in [6.45, 7) is 0. The lowest BCUT2D eigenvalue weighted by Crippen LogP contribution is -2.22. The Hall–Kier alpha value is -0.0800. The van der Waals surface area contributed by atoms with E-state index in [-0.39, 0.29) is 0 Å². The van der Waals surface area contributed by atoms with Gasteiger partial charge < -0.3 is 9.47 Å². The zero-order valence-corrected chi connectivity index (χ0v) is 13.4. The highest BCUT2D eigenvalue weighted by atomic mass is 16.6. The van der Waals surface area contributed by atoms with Crippen LogP contribution in [0, 0.1) is 47.3 Å². The van der Waals surface area contributed by atoms with Crippen molar-refractivity contribution in [2.45, 2.75) is 75.8 Å². The molecule has 6 aliphatic carbocycles. The highest BCUT2D eigenvalue weighted by molar-refractivity contribution is 5.15. The second-order valence-corrected chi connectivity index (χ2v) is 9.84. The monoisotopic (exact) mass is 300 g/mol. The van der Waals surface area contributed by atoms with Crippen LogP contribution in [0.1, 0.15) is 51.4 Å². The summed E-state index contributed by atoms with van der Waals surface area (Å²) in [7, 11) is 0. The fraction of sp³-hybridized carbons (Fsp3) is 1.00. The van der Waals surface area contributed by atoms with E-state index in [1.54, 1.807) is 12.8 Å². The number of hydrogen-bond acceptors (Lipinski definition) is 2. The summed E-state index contributed by atoms with van der Waals surface area (Å²) in [5, 5.41) is 0. The fourth-order valence-electron chi connectivity index (χ4n) is 8.59. The molecule has 0 aromatic heterocycles. The summed E-state index contributed by atoms with van der Waals surface area (Å²) in [5.74, 6) is 8.57. The Morgan fingerprint density at radius 3 is 2.09 bits per heavy atom. The normalized spacial score (nSPS) is 69.8. The molecule has 12 unspecified atom stereocenters. The van der Waals surface area contributed by atoms with Crippen molar-refractivity contribution in [1.82, 2.24) is 0 Å². The quantitative estimate of drug-likeness (QED) is 0.638. The molecule has 0 radical (unpaired) electrons. The zero-order chi connectivity index (χ0) is 14.0. The summed E-state index contributed by atoms with van der Waals surface area (Å²) < 4.78 is 11.3. The van der Waals surface area contributed by atoms with Crippen molar-refractivity contribution in [2.75, 3.05) is 0 Å². The molecule has 2 heterocycles. The second kappa shape index (κ2) is 3.94. The highest BCUT2D eigenvalue weighted by Crippen LogP contribution is 2.66. The minimum Gasteiger partial charge on any atom is -0.369 e. The molecule has 0 amide bonds. The molecule has 2 heteroatoms. The lowest BCUT2D eigenvalue weighted by atomic mass is 9.81. The van der Waals surface area contributed by atoms with Crippen LogP contribution in [0.5, 0.6) is 0 Å². The molecule has 4 bridgehead atoms. The van der Waals surface area contributed by atoms with Crippen molar-refractivity contribution in [3.63, 3.8) is 0 Å². The molecule has 12 atom stereocenters. The third-order valence-electron chi connectivity index (χ3n) is 9.34. The van der Waals surface area contributed by atoms with Crippen LogP contribution in [-0.4, -0.2) is 24.4 Å². The van der Waals surface area contributed by atoms with Crippen molar-refractivity contribution in [1.29, 1.82) is 0 Å². The van der Waals surface area contributed by atoms with Gasteiger partial charge >= 0.3 is 0 Å². The summed E-state index contributed by atoms with van der Waals surface area (Å²) in [5.41, 5.74) is 0. The van der Waals surface area contributed by atoms with Crippen LogP contribution >= 0.6 is 0 Å². The van der Waals surface area contributed by atoms with Crippen LogP contribution in [0.25, 0.3) is 0 Å². The SMILES string of the molecule is C1CC2C(C1)C1CC2C2OC12.C1CC2CC1C1CC3OC3C21. The second-order valence-electron chi connectivity index (χ2n) is 9.84. The number of hydrogen-bond donors (Lipinski definition) is 0. The first-order valence-electron chi connectivity index (χ1n) is 10.2. The van der Waals surface area contributed by atoms with Crippen molar-refractivity contribution in [3.05, 3.63) is 0 Å². The maximum atomic E-state index is 5.68. The summed E-state index contributed by atoms with van der Waals surface area (Å²) in [4.78, 5) is 0. The Morgan fingerprint density at radius 2 is 1.32 bits per heavy atom. The molecular formula is C20H28O2. The van der Waals surface area contributed by atoms with Crippen LogP contribution in [-0.2, 0) is 9.47 Å². The van der Waals surface area contributed by atoms with Gasteiger partial charge in [-0.05, 0) is 92.3 Å². The Kier molecular flexibility index (Phi) is 2.20. The van der Waals surface area contributed by atoms with Gasteiger partial charge in [-0.2, -0.15) is 0 Å². The smallest absolute Gasteiger partial charge is 0.0875 e. The van der Waals surface area contributed by atoms with Gasteiger partial charge in [0.1, 0.15) is 0 Å². The number of ether oxygens (including phenoxy) is 2. The van der Waals surface area contributed by atoms with Gasteiger partial charge in [0, 0.05) is 0 Å². The maximum Gasteiger partial charge on any atom is 0.0875 e. The third-order valence-corrected chi connectivity index (χ3v) is 9.34. The molecule has 8 aliphatic rings. The molecule has 2 aliphatic heterocycles. The molecule has 8 fully saturated rings. The van der Waals surface area contributed by atoms with E-state index in [1.165, 1.54) is 38.5 Å². The lowest BCUT2D eigenvalue weighted by Gasteiger charge is -2.25. The van der Waals surface area contributed by atoms with Crippen LogP contribution < -0.4 is 0 Å². The lowest BCUT2D eigenvalue weighted by molar-refractivity contribution is 0.147. The Labute approximate surface area is 133 Å². The van der Waals surface area contributed by atoms with Gasteiger partial charge in [0.25, 0.3) is 0 Å². The molecule has 0 spiro atoms. The average molecular weight is 300 g/mol. The summed E-state index contributed by atoms with van der Waals surface area (Å²) in [6, 6.07) is 0. The summed E-state index contributed by atoms with van der Waals surface area (Å²) >= 11 is 0.